The third kappa shape index (κ3) is 4.31. The molecule has 2 aromatic heterocycles. The second kappa shape index (κ2) is 8.99. The van der Waals surface area contributed by atoms with E-state index in [-0.39, 0.29) is 11.9 Å². The zero-order chi connectivity index (χ0) is 22.8. The molecule has 0 radical (unpaired) electrons. The Balaban J connectivity index is 1.41. The van der Waals surface area contributed by atoms with E-state index in [2.05, 4.69) is 43.3 Å². The van der Waals surface area contributed by atoms with Crippen LogP contribution in [0.2, 0.25) is 0 Å². The first kappa shape index (κ1) is 21.8. The molecule has 0 unspecified atom stereocenters. The highest BCUT2D eigenvalue weighted by atomic mass is 16.5. The first-order valence-electron chi connectivity index (χ1n) is 11.0. The average molecular weight is 431 g/mol. The number of ether oxygens (including phenoxy) is 1. The molecule has 2 aromatic carbocycles. The average Bonchev–Trinajstić information content (AvgIpc) is 3.21. The van der Waals surface area contributed by atoms with Gasteiger partial charge < -0.3 is 10.1 Å². The highest BCUT2D eigenvalue weighted by Crippen LogP contribution is 2.25. The van der Waals surface area contributed by atoms with Gasteiger partial charge >= 0.3 is 0 Å². The van der Waals surface area contributed by atoms with Gasteiger partial charge in [0.25, 0.3) is 0 Å². The van der Waals surface area contributed by atoms with E-state index in [9.17, 15) is 4.79 Å². The zero-order valence-corrected chi connectivity index (χ0v) is 19.4. The number of nitrogens with one attached hydrogen (secondary N) is 1. The van der Waals surface area contributed by atoms with E-state index in [4.69, 9.17) is 9.72 Å². The summed E-state index contributed by atoms with van der Waals surface area (Å²) >= 11 is 0. The van der Waals surface area contributed by atoms with Crippen LogP contribution in [0.4, 0.5) is 0 Å². The lowest BCUT2D eigenvalue weighted by Gasteiger charge is -2.13. The Hall–Kier alpha value is -3.41. The number of hydrogen-bond acceptors (Lipinski definition) is 4. The molecule has 0 aliphatic rings. The number of aromatic nitrogens is 3. The number of nitrogens with zero attached hydrogens (tertiary/aromatic N) is 3. The van der Waals surface area contributed by atoms with Crippen LogP contribution in [0.5, 0.6) is 5.75 Å². The monoisotopic (exact) mass is 430 g/mol. The predicted molar refractivity (Wildman–Crippen MR) is 128 cm³/mol. The fourth-order valence-electron chi connectivity index (χ4n) is 4.18. The Bertz CT molecular complexity index is 1290. The minimum atomic E-state index is 0.0385. The van der Waals surface area contributed by atoms with E-state index in [1.54, 1.807) is 7.11 Å². The molecule has 6 nitrogen and oxygen atoms in total. The fourth-order valence-corrected chi connectivity index (χ4v) is 4.18. The minimum Gasteiger partial charge on any atom is -0.497 e. The van der Waals surface area contributed by atoms with Crippen LogP contribution in [0.25, 0.3) is 21.8 Å². The summed E-state index contributed by atoms with van der Waals surface area (Å²) in [6.07, 6.45) is 2.98. The number of fused-ring (bicyclic) bond motifs is 2. The van der Waals surface area contributed by atoms with E-state index >= 15 is 0 Å². The van der Waals surface area contributed by atoms with Crippen molar-refractivity contribution in [3.8, 4) is 5.75 Å². The van der Waals surface area contributed by atoms with Gasteiger partial charge in [0.1, 0.15) is 5.75 Å². The molecule has 6 heteroatoms. The van der Waals surface area contributed by atoms with E-state index in [1.165, 1.54) is 0 Å². The SMILES string of the molecule is COc1ccc2cc(CNC(=O)CCc3c(C)nc4c(cnn4C(C)C)c3C)ccc2c1. The lowest BCUT2D eigenvalue weighted by atomic mass is 10.0. The molecular weight excluding hydrogens is 400 g/mol. The van der Waals surface area contributed by atoms with Crippen LogP contribution in [-0.2, 0) is 17.8 Å². The lowest BCUT2D eigenvalue weighted by Crippen LogP contribution is -2.23. The van der Waals surface area contributed by atoms with Gasteiger partial charge in [0.15, 0.2) is 5.65 Å². The molecule has 0 fully saturated rings. The van der Waals surface area contributed by atoms with Crippen molar-refractivity contribution in [2.75, 3.05) is 7.11 Å². The van der Waals surface area contributed by atoms with Gasteiger partial charge in [-0.3, -0.25) is 4.79 Å². The summed E-state index contributed by atoms with van der Waals surface area (Å²) in [5, 5.41) is 10.9. The molecule has 1 N–H and O–H groups in total. The Kier molecular flexibility index (Phi) is 6.12. The largest absolute Gasteiger partial charge is 0.497 e. The summed E-state index contributed by atoms with van der Waals surface area (Å²) in [6, 6.07) is 12.5. The lowest BCUT2D eigenvalue weighted by molar-refractivity contribution is -0.121. The van der Waals surface area contributed by atoms with Crippen molar-refractivity contribution in [2.24, 2.45) is 0 Å². The van der Waals surface area contributed by atoms with Crippen molar-refractivity contribution >= 4 is 27.7 Å². The van der Waals surface area contributed by atoms with E-state index in [0.29, 0.717) is 19.4 Å². The second-order valence-corrected chi connectivity index (χ2v) is 8.55. The van der Waals surface area contributed by atoms with Gasteiger partial charge in [0.05, 0.1) is 13.3 Å². The molecule has 0 saturated carbocycles. The molecule has 4 aromatic rings. The van der Waals surface area contributed by atoms with Gasteiger partial charge in [-0.25, -0.2) is 9.67 Å². The van der Waals surface area contributed by atoms with E-state index in [0.717, 1.165) is 49.9 Å². The first-order valence-corrected chi connectivity index (χ1v) is 11.0. The molecule has 166 valence electrons. The molecule has 0 saturated heterocycles. The van der Waals surface area contributed by atoms with Crippen molar-refractivity contribution in [3.05, 3.63) is 65.0 Å². The van der Waals surface area contributed by atoms with Crippen molar-refractivity contribution in [2.45, 2.75) is 53.1 Å². The van der Waals surface area contributed by atoms with Gasteiger partial charge in [-0.15, -0.1) is 0 Å². The second-order valence-electron chi connectivity index (χ2n) is 8.55. The van der Waals surface area contributed by atoms with Gasteiger partial charge in [-0.1, -0.05) is 18.2 Å². The van der Waals surface area contributed by atoms with Crippen LogP contribution < -0.4 is 10.1 Å². The molecule has 0 spiro atoms. The molecule has 0 bridgehead atoms. The van der Waals surface area contributed by atoms with Crippen LogP contribution in [-0.4, -0.2) is 27.8 Å². The number of rotatable bonds is 7. The Labute approximate surface area is 188 Å². The van der Waals surface area contributed by atoms with Gasteiger partial charge in [-0.2, -0.15) is 5.10 Å². The summed E-state index contributed by atoms with van der Waals surface area (Å²) in [5.41, 5.74) is 5.26. The molecule has 4 rings (SSSR count). The van der Waals surface area contributed by atoms with Crippen LogP contribution in [0.3, 0.4) is 0 Å². The summed E-state index contributed by atoms with van der Waals surface area (Å²) in [5.74, 6) is 0.880. The van der Waals surface area contributed by atoms with Crippen molar-refractivity contribution in [1.29, 1.82) is 0 Å². The Morgan fingerprint density at radius 2 is 1.88 bits per heavy atom. The number of benzene rings is 2. The summed E-state index contributed by atoms with van der Waals surface area (Å²) in [6.45, 7) is 8.83. The Morgan fingerprint density at radius 1 is 1.12 bits per heavy atom. The van der Waals surface area contributed by atoms with E-state index < -0.39 is 0 Å². The molecule has 32 heavy (non-hydrogen) atoms. The maximum atomic E-state index is 12.6. The molecular formula is C26H30N4O2. The summed E-state index contributed by atoms with van der Waals surface area (Å²) < 4.78 is 7.23. The zero-order valence-electron chi connectivity index (χ0n) is 19.4. The Morgan fingerprint density at radius 3 is 2.62 bits per heavy atom. The van der Waals surface area contributed by atoms with Crippen LogP contribution in [0.15, 0.2) is 42.6 Å². The maximum absolute atomic E-state index is 12.6. The van der Waals surface area contributed by atoms with Crippen molar-refractivity contribution in [3.63, 3.8) is 0 Å². The van der Waals surface area contributed by atoms with Crippen LogP contribution >= 0.6 is 0 Å². The standard InChI is InChI=1S/C26H30N4O2/c1-16(2)30-26-24(15-28-30)17(3)23(18(4)29-26)10-11-25(31)27-14-19-6-7-21-13-22(32-5)9-8-20(21)12-19/h6-9,12-13,15-16H,10-11,14H2,1-5H3,(H,27,31). The van der Waals surface area contributed by atoms with Gasteiger partial charge in [0.2, 0.25) is 5.91 Å². The van der Waals surface area contributed by atoms with E-state index in [1.807, 2.05) is 42.1 Å². The molecule has 2 heterocycles. The molecule has 0 aliphatic carbocycles. The summed E-state index contributed by atoms with van der Waals surface area (Å²) in [4.78, 5) is 17.3. The third-order valence-corrected chi connectivity index (χ3v) is 6.03. The number of hydrogen-bond donors (Lipinski definition) is 1. The number of methoxy groups -OCH3 is 1. The van der Waals surface area contributed by atoms with Crippen LogP contribution in [0.1, 0.15) is 48.7 Å². The number of aryl methyl sites for hydroxylation is 2. The van der Waals surface area contributed by atoms with Gasteiger partial charge in [-0.05, 0) is 79.8 Å². The van der Waals surface area contributed by atoms with Crippen molar-refractivity contribution < 1.29 is 9.53 Å². The highest BCUT2D eigenvalue weighted by molar-refractivity contribution is 5.85. The molecule has 0 atom stereocenters. The minimum absolute atomic E-state index is 0.0385. The predicted octanol–water partition coefficient (Wildman–Crippen LogP) is 5.04. The van der Waals surface area contributed by atoms with Crippen molar-refractivity contribution in [1.82, 2.24) is 20.1 Å². The smallest absolute Gasteiger partial charge is 0.220 e. The summed E-state index contributed by atoms with van der Waals surface area (Å²) in [7, 11) is 1.67. The highest BCUT2D eigenvalue weighted by Gasteiger charge is 2.15. The number of pyridine rings is 1. The number of carbonyl (C=O) groups is 1. The van der Waals surface area contributed by atoms with Gasteiger partial charge in [0, 0.05) is 30.1 Å². The molecule has 0 aliphatic heterocycles. The third-order valence-electron chi connectivity index (χ3n) is 6.03. The quantitative estimate of drug-likeness (QED) is 0.446. The normalized spacial score (nSPS) is 11.4. The maximum Gasteiger partial charge on any atom is 0.220 e. The molecule has 1 amide bonds. The van der Waals surface area contributed by atoms with Crippen LogP contribution in [0, 0.1) is 13.8 Å². The first-order chi connectivity index (χ1) is 15.4. The fraction of sp³-hybridized carbons (Fsp3) is 0.346. The topological polar surface area (TPSA) is 69.0 Å². The number of amides is 1. The number of carbonyl (C=O) groups excluding carboxylic acids is 1.